The molecule has 4 rings (SSSR count). The summed E-state index contributed by atoms with van der Waals surface area (Å²) in [7, 11) is 0. The maximum atomic E-state index is 12.9. The first-order chi connectivity index (χ1) is 13.2. The Hall–Kier alpha value is -3.65. The van der Waals surface area contributed by atoms with Gasteiger partial charge in [-0.1, -0.05) is 91.0 Å². The van der Waals surface area contributed by atoms with Crippen LogP contribution in [0.4, 0.5) is 0 Å². The largest absolute Gasteiger partial charge is 0.507 e. The molecule has 0 aliphatic rings. The molecule has 0 saturated heterocycles. The molecule has 4 aromatic carbocycles. The van der Waals surface area contributed by atoms with E-state index in [1.165, 1.54) is 0 Å². The van der Waals surface area contributed by atoms with Gasteiger partial charge in [0.05, 0.1) is 5.56 Å². The van der Waals surface area contributed by atoms with Crippen molar-refractivity contribution in [3.05, 3.63) is 114 Å². The standard InChI is InChI=1S/C25H18O2/c26-24-16-15-22(19-9-5-2-6-10-19)17-23(24)25(27)21-13-11-20(12-14-21)18-7-3-1-4-8-18/h1-17,26H. The summed E-state index contributed by atoms with van der Waals surface area (Å²) in [5.74, 6) is -0.197. The molecular weight excluding hydrogens is 332 g/mol. The van der Waals surface area contributed by atoms with Gasteiger partial charge in [-0.15, -0.1) is 0 Å². The van der Waals surface area contributed by atoms with E-state index in [4.69, 9.17) is 0 Å². The number of rotatable bonds is 4. The number of ketones is 1. The first-order valence-electron chi connectivity index (χ1n) is 8.81. The lowest BCUT2D eigenvalue weighted by Crippen LogP contribution is -2.02. The second-order valence-corrected chi connectivity index (χ2v) is 6.37. The van der Waals surface area contributed by atoms with Crippen molar-refractivity contribution >= 4 is 5.78 Å². The fourth-order valence-corrected chi connectivity index (χ4v) is 3.13. The van der Waals surface area contributed by atoms with E-state index in [2.05, 4.69) is 0 Å². The highest BCUT2D eigenvalue weighted by Crippen LogP contribution is 2.28. The van der Waals surface area contributed by atoms with Crippen LogP contribution in [0.2, 0.25) is 0 Å². The van der Waals surface area contributed by atoms with Gasteiger partial charge in [-0.05, 0) is 34.4 Å². The number of benzene rings is 4. The molecule has 0 atom stereocenters. The van der Waals surface area contributed by atoms with Crippen molar-refractivity contribution < 1.29 is 9.90 Å². The monoisotopic (exact) mass is 350 g/mol. The Balaban J connectivity index is 1.67. The molecule has 0 amide bonds. The van der Waals surface area contributed by atoms with Crippen molar-refractivity contribution in [2.75, 3.05) is 0 Å². The fraction of sp³-hybridized carbons (Fsp3) is 0. The first kappa shape index (κ1) is 16.8. The smallest absolute Gasteiger partial charge is 0.196 e. The highest BCUT2D eigenvalue weighted by molar-refractivity contribution is 6.11. The Morgan fingerprint density at radius 1 is 0.556 bits per heavy atom. The van der Waals surface area contributed by atoms with E-state index >= 15 is 0 Å². The van der Waals surface area contributed by atoms with Gasteiger partial charge in [-0.2, -0.15) is 0 Å². The molecule has 27 heavy (non-hydrogen) atoms. The van der Waals surface area contributed by atoms with E-state index in [1.807, 2.05) is 78.9 Å². The van der Waals surface area contributed by atoms with Gasteiger partial charge in [-0.25, -0.2) is 0 Å². The van der Waals surface area contributed by atoms with Gasteiger partial charge >= 0.3 is 0 Å². The van der Waals surface area contributed by atoms with Crippen molar-refractivity contribution in [2.24, 2.45) is 0 Å². The minimum atomic E-state index is -0.190. The van der Waals surface area contributed by atoms with Crippen LogP contribution in [0.3, 0.4) is 0 Å². The van der Waals surface area contributed by atoms with E-state index in [9.17, 15) is 9.90 Å². The Morgan fingerprint density at radius 3 is 1.63 bits per heavy atom. The molecular formula is C25H18O2. The topological polar surface area (TPSA) is 37.3 Å². The summed E-state index contributed by atoms with van der Waals surface area (Å²) in [6, 6.07) is 32.4. The molecule has 130 valence electrons. The van der Waals surface area contributed by atoms with Crippen LogP contribution in [0.25, 0.3) is 22.3 Å². The summed E-state index contributed by atoms with van der Waals surface area (Å²) in [5.41, 5.74) is 4.92. The predicted octanol–water partition coefficient (Wildman–Crippen LogP) is 5.96. The summed E-state index contributed by atoms with van der Waals surface area (Å²) in [6.07, 6.45) is 0. The summed E-state index contributed by atoms with van der Waals surface area (Å²) in [4.78, 5) is 12.9. The normalized spacial score (nSPS) is 10.5. The highest BCUT2D eigenvalue weighted by atomic mass is 16.3. The summed E-state index contributed by atoms with van der Waals surface area (Å²) < 4.78 is 0. The molecule has 0 aromatic heterocycles. The van der Waals surface area contributed by atoms with Gasteiger partial charge in [0.2, 0.25) is 0 Å². The van der Waals surface area contributed by atoms with E-state index in [1.54, 1.807) is 24.3 Å². The van der Waals surface area contributed by atoms with Crippen molar-refractivity contribution in [3.63, 3.8) is 0 Å². The van der Waals surface area contributed by atoms with Crippen molar-refractivity contribution in [1.29, 1.82) is 0 Å². The van der Waals surface area contributed by atoms with Crippen LogP contribution < -0.4 is 0 Å². The summed E-state index contributed by atoms with van der Waals surface area (Å²) in [6.45, 7) is 0. The molecule has 0 aliphatic carbocycles. The third kappa shape index (κ3) is 3.51. The number of carbonyl (C=O) groups is 1. The minimum absolute atomic E-state index is 0.00758. The van der Waals surface area contributed by atoms with Gasteiger partial charge in [-0.3, -0.25) is 4.79 Å². The van der Waals surface area contributed by atoms with Gasteiger partial charge in [0.25, 0.3) is 0 Å². The first-order valence-corrected chi connectivity index (χ1v) is 8.81. The Labute approximate surface area is 158 Å². The fourth-order valence-electron chi connectivity index (χ4n) is 3.13. The maximum absolute atomic E-state index is 12.9. The Morgan fingerprint density at radius 2 is 1.04 bits per heavy atom. The van der Waals surface area contributed by atoms with Crippen LogP contribution in [0.5, 0.6) is 5.75 Å². The van der Waals surface area contributed by atoms with Gasteiger partial charge in [0.1, 0.15) is 5.75 Å². The van der Waals surface area contributed by atoms with Crippen molar-refractivity contribution in [1.82, 2.24) is 0 Å². The number of carbonyl (C=O) groups excluding carboxylic acids is 1. The molecule has 1 N–H and O–H groups in total. The lowest BCUT2D eigenvalue weighted by molar-refractivity contribution is 0.103. The molecule has 0 fully saturated rings. The van der Waals surface area contributed by atoms with Crippen molar-refractivity contribution in [3.8, 4) is 28.0 Å². The summed E-state index contributed by atoms with van der Waals surface area (Å²) in [5, 5.41) is 10.2. The molecule has 2 nitrogen and oxygen atoms in total. The molecule has 0 spiro atoms. The van der Waals surface area contributed by atoms with E-state index in [-0.39, 0.29) is 11.5 Å². The van der Waals surface area contributed by atoms with Crippen LogP contribution in [-0.4, -0.2) is 10.9 Å². The second kappa shape index (κ2) is 7.30. The zero-order chi connectivity index (χ0) is 18.6. The van der Waals surface area contributed by atoms with Crippen LogP contribution in [0, 0.1) is 0 Å². The Kier molecular flexibility index (Phi) is 4.54. The highest BCUT2D eigenvalue weighted by Gasteiger charge is 2.15. The molecule has 0 saturated carbocycles. The Bertz CT molecular complexity index is 1070. The average molecular weight is 350 g/mol. The third-order valence-electron chi connectivity index (χ3n) is 4.60. The van der Waals surface area contributed by atoms with Crippen LogP contribution in [-0.2, 0) is 0 Å². The lowest BCUT2D eigenvalue weighted by atomic mass is 9.96. The number of hydrogen-bond donors (Lipinski definition) is 1. The third-order valence-corrected chi connectivity index (χ3v) is 4.60. The number of hydrogen-bond acceptors (Lipinski definition) is 2. The molecule has 0 bridgehead atoms. The molecule has 0 aliphatic heterocycles. The quantitative estimate of drug-likeness (QED) is 0.461. The lowest BCUT2D eigenvalue weighted by Gasteiger charge is -2.09. The number of phenolic OH excluding ortho intramolecular Hbond substituents is 1. The van der Waals surface area contributed by atoms with Gasteiger partial charge in [0.15, 0.2) is 5.78 Å². The van der Waals surface area contributed by atoms with Gasteiger partial charge < -0.3 is 5.11 Å². The van der Waals surface area contributed by atoms with E-state index < -0.39 is 0 Å². The minimum Gasteiger partial charge on any atom is -0.507 e. The molecule has 0 unspecified atom stereocenters. The van der Waals surface area contributed by atoms with E-state index in [0.717, 1.165) is 22.3 Å². The van der Waals surface area contributed by atoms with Crippen LogP contribution in [0.1, 0.15) is 15.9 Å². The average Bonchev–Trinajstić information content (AvgIpc) is 2.75. The second-order valence-electron chi connectivity index (χ2n) is 6.37. The van der Waals surface area contributed by atoms with Gasteiger partial charge in [0, 0.05) is 5.56 Å². The summed E-state index contributed by atoms with van der Waals surface area (Å²) >= 11 is 0. The zero-order valence-electron chi connectivity index (χ0n) is 14.7. The molecule has 0 radical (unpaired) electrons. The zero-order valence-corrected chi connectivity index (χ0v) is 14.7. The SMILES string of the molecule is O=C(c1ccc(-c2ccccc2)cc1)c1cc(-c2ccccc2)ccc1O. The van der Waals surface area contributed by atoms with Crippen LogP contribution in [0.15, 0.2) is 103 Å². The van der Waals surface area contributed by atoms with Crippen LogP contribution >= 0.6 is 0 Å². The van der Waals surface area contributed by atoms with E-state index in [0.29, 0.717) is 11.1 Å². The number of phenols is 1. The number of aromatic hydroxyl groups is 1. The van der Waals surface area contributed by atoms with Crippen molar-refractivity contribution in [2.45, 2.75) is 0 Å². The predicted molar refractivity (Wildman–Crippen MR) is 109 cm³/mol. The molecule has 4 aromatic rings. The molecule has 2 heteroatoms. The maximum Gasteiger partial charge on any atom is 0.196 e. The molecule has 0 heterocycles.